The lowest BCUT2D eigenvalue weighted by molar-refractivity contribution is 0.0922. The van der Waals surface area contributed by atoms with Gasteiger partial charge in [-0.25, -0.2) is 8.42 Å². The van der Waals surface area contributed by atoms with Crippen molar-refractivity contribution in [2.45, 2.75) is 61.8 Å². The van der Waals surface area contributed by atoms with Crippen LogP contribution < -0.4 is 11.1 Å². The number of benzene rings is 1. The van der Waals surface area contributed by atoms with Crippen molar-refractivity contribution in [2.75, 3.05) is 0 Å². The van der Waals surface area contributed by atoms with Gasteiger partial charge in [-0.3, -0.25) is 4.79 Å². The maximum absolute atomic E-state index is 12.5. The summed E-state index contributed by atoms with van der Waals surface area (Å²) in [7, 11) is -3.48. The van der Waals surface area contributed by atoms with Gasteiger partial charge in [0, 0.05) is 12.1 Å². The van der Waals surface area contributed by atoms with Crippen molar-refractivity contribution in [1.82, 2.24) is 5.32 Å². The summed E-state index contributed by atoms with van der Waals surface area (Å²) >= 11 is 0. The number of nitrogens with two attached hydrogens (primary N) is 1. The first-order chi connectivity index (χ1) is 10.3. The number of hydrogen-bond donors (Lipinski definition) is 2. The van der Waals surface area contributed by atoms with Gasteiger partial charge in [0.25, 0.3) is 5.91 Å². The second-order valence-corrected chi connectivity index (χ2v) is 8.65. The highest BCUT2D eigenvalue weighted by Crippen LogP contribution is 2.22. The summed E-state index contributed by atoms with van der Waals surface area (Å²) in [6, 6.07) is 6.68. The van der Waals surface area contributed by atoms with E-state index in [1.165, 1.54) is 6.07 Å². The molecule has 2 rings (SSSR count). The molecule has 0 saturated heterocycles. The molecule has 0 atom stereocenters. The van der Waals surface area contributed by atoms with Crippen LogP contribution in [-0.4, -0.2) is 31.7 Å². The summed E-state index contributed by atoms with van der Waals surface area (Å²) in [5.74, 6) is -0.319. The fourth-order valence-electron chi connectivity index (χ4n) is 2.68. The van der Waals surface area contributed by atoms with Gasteiger partial charge in [-0.15, -0.1) is 0 Å². The molecule has 0 radical (unpaired) electrons. The first-order valence-corrected chi connectivity index (χ1v) is 9.26. The third kappa shape index (κ3) is 3.67. The van der Waals surface area contributed by atoms with Crippen LogP contribution in [0.15, 0.2) is 29.2 Å². The zero-order chi connectivity index (χ0) is 16.3. The number of carbonyl (C=O) groups excluding carboxylic acids is 1. The molecular formula is C16H24N2O3S. The Morgan fingerprint density at radius 1 is 1.18 bits per heavy atom. The molecule has 0 unspecified atom stereocenters. The molecule has 0 bridgehead atoms. The van der Waals surface area contributed by atoms with E-state index in [4.69, 9.17) is 5.73 Å². The van der Waals surface area contributed by atoms with Crippen LogP contribution >= 0.6 is 0 Å². The normalized spacial score (nSPS) is 22.5. The van der Waals surface area contributed by atoms with Crippen molar-refractivity contribution in [3.8, 4) is 0 Å². The standard InChI is InChI=1S/C16H24N2O3S/c1-11(2)22(20,21)15-6-4-3-5-14(15)16(19)18-13-9-7-12(17)8-10-13/h3-6,11-13H,7-10,17H2,1-2H3,(H,18,19). The van der Waals surface area contributed by atoms with Crippen molar-refractivity contribution in [3.63, 3.8) is 0 Å². The highest BCUT2D eigenvalue weighted by Gasteiger charge is 2.27. The summed E-state index contributed by atoms with van der Waals surface area (Å²) < 4.78 is 24.8. The summed E-state index contributed by atoms with van der Waals surface area (Å²) in [5, 5.41) is 2.39. The molecular weight excluding hydrogens is 300 g/mol. The van der Waals surface area contributed by atoms with Crippen molar-refractivity contribution >= 4 is 15.7 Å². The van der Waals surface area contributed by atoms with Gasteiger partial charge in [0.1, 0.15) is 0 Å². The molecule has 1 aromatic carbocycles. The Kier molecular flexibility index (Phi) is 5.24. The molecule has 6 heteroatoms. The number of hydrogen-bond acceptors (Lipinski definition) is 4. The quantitative estimate of drug-likeness (QED) is 0.885. The molecule has 0 spiro atoms. The van der Waals surface area contributed by atoms with Crippen LogP contribution in [0.25, 0.3) is 0 Å². The Bertz CT molecular complexity index is 633. The van der Waals surface area contributed by atoms with Gasteiger partial charge in [0.2, 0.25) is 0 Å². The van der Waals surface area contributed by atoms with Crippen molar-refractivity contribution in [3.05, 3.63) is 29.8 Å². The number of nitrogens with one attached hydrogen (secondary N) is 1. The van der Waals surface area contributed by atoms with Gasteiger partial charge in [-0.2, -0.15) is 0 Å². The average Bonchev–Trinajstić information content (AvgIpc) is 2.49. The summed E-state index contributed by atoms with van der Waals surface area (Å²) in [6.45, 7) is 3.24. The third-order valence-electron chi connectivity index (χ3n) is 4.17. The predicted octanol–water partition coefficient (Wildman–Crippen LogP) is 1.87. The molecule has 1 aromatic rings. The van der Waals surface area contributed by atoms with E-state index in [-0.39, 0.29) is 28.4 Å². The molecule has 0 aliphatic heterocycles. The minimum Gasteiger partial charge on any atom is -0.349 e. The first kappa shape index (κ1) is 17.0. The molecule has 1 saturated carbocycles. The van der Waals surface area contributed by atoms with Gasteiger partial charge in [-0.05, 0) is 51.7 Å². The largest absolute Gasteiger partial charge is 0.349 e. The van der Waals surface area contributed by atoms with Crippen LogP contribution in [0.1, 0.15) is 49.9 Å². The van der Waals surface area contributed by atoms with Crippen molar-refractivity contribution in [2.24, 2.45) is 5.73 Å². The second kappa shape index (κ2) is 6.79. The second-order valence-electron chi connectivity index (χ2n) is 6.18. The van der Waals surface area contributed by atoms with Crippen LogP contribution in [0.5, 0.6) is 0 Å². The molecule has 1 aliphatic carbocycles. The molecule has 1 fully saturated rings. The van der Waals surface area contributed by atoms with Crippen LogP contribution in [0.2, 0.25) is 0 Å². The summed E-state index contributed by atoms with van der Waals surface area (Å²) in [4.78, 5) is 12.6. The highest BCUT2D eigenvalue weighted by molar-refractivity contribution is 7.92. The van der Waals surface area contributed by atoms with E-state index < -0.39 is 15.1 Å². The SMILES string of the molecule is CC(C)S(=O)(=O)c1ccccc1C(=O)NC1CCC(N)CC1. The number of rotatable bonds is 4. The fourth-order valence-corrected chi connectivity index (χ4v) is 3.93. The number of carbonyl (C=O) groups is 1. The monoisotopic (exact) mass is 324 g/mol. The number of amides is 1. The summed E-state index contributed by atoms with van der Waals surface area (Å²) in [5.41, 5.74) is 6.09. The number of sulfone groups is 1. The molecule has 1 amide bonds. The molecule has 0 aromatic heterocycles. The predicted molar refractivity (Wildman–Crippen MR) is 86.5 cm³/mol. The van der Waals surface area contributed by atoms with E-state index in [2.05, 4.69) is 5.32 Å². The highest BCUT2D eigenvalue weighted by atomic mass is 32.2. The van der Waals surface area contributed by atoms with E-state index in [0.717, 1.165) is 25.7 Å². The van der Waals surface area contributed by atoms with E-state index in [9.17, 15) is 13.2 Å². The van der Waals surface area contributed by atoms with Crippen LogP contribution in [0, 0.1) is 0 Å². The molecule has 0 heterocycles. The molecule has 1 aliphatic rings. The average molecular weight is 324 g/mol. The van der Waals surface area contributed by atoms with E-state index >= 15 is 0 Å². The Labute approximate surface area is 132 Å². The Balaban J connectivity index is 2.20. The summed E-state index contributed by atoms with van der Waals surface area (Å²) in [6.07, 6.45) is 3.45. The first-order valence-electron chi connectivity index (χ1n) is 7.71. The van der Waals surface area contributed by atoms with E-state index in [1.54, 1.807) is 32.0 Å². The molecule has 22 heavy (non-hydrogen) atoms. The molecule has 122 valence electrons. The lowest BCUT2D eigenvalue weighted by Crippen LogP contribution is -2.40. The lowest BCUT2D eigenvalue weighted by atomic mass is 9.91. The minimum atomic E-state index is -3.48. The van der Waals surface area contributed by atoms with Gasteiger partial charge < -0.3 is 11.1 Å². The third-order valence-corrected chi connectivity index (χ3v) is 6.38. The van der Waals surface area contributed by atoms with Crippen LogP contribution in [-0.2, 0) is 9.84 Å². The Hall–Kier alpha value is -1.40. The smallest absolute Gasteiger partial charge is 0.252 e. The maximum Gasteiger partial charge on any atom is 0.252 e. The van der Waals surface area contributed by atoms with Gasteiger partial charge in [0.05, 0.1) is 15.7 Å². The van der Waals surface area contributed by atoms with Crippen molar-refractivity contribution in [1.29, 1.82) is 0 Å². The van der Waals surface area contributed by atoms with E-state index in [1.807, 2.05) is 0 Å². The minimum absolute atomic E-state index is 0.0714. The zero-order valence-electron chi connectivity index (χ0n) is 13.1. The maximum atomic E-state index is 12.5. The van der Waals surface area contributed by atoms with Crippen LogP contribution in [0.4, 0.5) is 0 Å². The van der Waals surface area contributed by atoms with Gasteiger partial charge >= 0.3 is 0 Å². The zero-order valence-corrected chi connectivity index (χ0v) is 13.9. The van der Waals surface area contributed by atoms with Crippen LogP contribution in [0.3, 0.4) is 0 Å². The molecule has 3 N–H and O–H groups in total. The lowest BCUT2D eigenvalue weighted by Gasteiger charge is -2.27. The fraction of sp³-hybridized carbons (Fsp3) is 0.562. The van der Waals surface area contributed by atoms with Gasteiger partial charge in [0.15, 0.2) is 9.84 Å². The van der Waals surface area contributed by atoms with Crippen molar-refractivity contribution < 1.29 is 13.2 Å². The topological polar surface area (TPSA) is 89.3 Å². The van der Waals surface area contributed by atoms with Gasteiger partial charge in [-0.1, -0.05) is 12.1 Å². The Morgan fingerprint density at radius 3 is 2.36 bits per heavy atom. The Morgan fingerprint density at radius 2 is 1.77 bits per heavy atom. The van der Waals surface area contributed by atoms with E-state index in [0.29, 0.717) is 0 Å². The molecule has 5 nitrogen and oxygen atoms in total.